The third-order valence-electron chi connectivity index (χ3n) is 0.203. The molecule has 1 radical (unpaired) electrons. The summed E-state index contributed by atoms with van der Waals surface area (Å²) in [6.45, 7) is 0. The second-order valence-electron chi connectivity index (χ2n) is 0.997. The summed E-state index contributed by atoms with van der Waals surface area (Å²) in [5.74, 6) is 0. The fourth-order valence-corrected chi connectivity index (χ4v) is 1.14. The Morgan fingerprint density at radius 3 is 1.45 bits per heavy atom. The summed E-state index contributed by atoms with van der Waals surface area (Å²) in [5, 5.41) is 0. The molecule has 0 aliphatic rings. The summed E-state index contributed by atoms with van der Waals surface area (Å²) in [6, 6.07) is 0. The molecule has 1 unspecified atom stereocenters. The van der Waals surface area contributed by atoms with E-state index in [0.717, 1.165) is 0 Å². The second kappa shape index (κ2) is 5.93. The average Bonchev–Trinajstić information content (AvgIpc) is 1.14. The van der Waals surface area contributed by atoms with Crippen LogP contribution in [0, 0.1) is 0 Å². The minimum Gasteiger partial charge on any atom is -0.790 e. The van der Waals surface area contributed by atoms with Crippen molar-refractivity contribution < 1.29 is 68.9 Å². The maximum atomic E-state index is 9.44. The van der Waals surface area contributed by atoms with Crippen LogP contribution in [0.4, 0.5) is 0 Å². The van der Waals surface area contributed by atoms with Crippen molar-refractivity contribution >= 4 is 15.6 Å². The molecule has 7 nitrogen and oxygen atoms in total. The quantitative estimate of drug-likeness (QED) is 0.373. The van der Waals surface area contributed by atoms with Gasteiger partial charge in [0, 0.05) is 0 Å². The van der Waals surface area contributed by atoms with Crippen molar-refractivity contribution in [2.45, 2.75) is 0 Å². The molecule has 0 aliphatic carbocycles. The Labute approximate surface area is 84.7 Å². The van der Waals surface area contributed by atoms with Crippen LogP contribution in [0.25, 0.3) is 0 Å². The van der Waals surface area contributed by atoms with Gasteiger partial charge in [0.25, 0.3) is 7.82 Å². The first-order valence-corrected chi connectivity index (χ1v) is 4.43. The van der Waals surface area contributed by atoms with Gasteiger partial charge in [-0.3, -0.25) is 8.88 Å². The summed E-state index contributed by atoms with van der Waals surface area (Å²) in [7, 11) is -11.0. The molecule has 1 N–H and O–H groups in total. The summed E-state index contributed by atoms with van der Waals surface area (Å²) < 4.78 is 21.4. The van der Waals surface area contributed by atoms with E-state index >= 15 is 0 Å². The average molecular weight is 237 g/mol. The van der Waals surface area contributed by atoms with Crippen LogP contribution in [-0.4, -0.2) is 4.89 Å². The standard InChI is InChI=1S/Li.Mn.H4O7P2/c;;1-8(2,3)7-9(4,5)6/h;;(H2,1,2,3)(H2,4,5,6)/q+1;+2;/p-3. The van der Waals surface area contributed by atoms with Crippen molar-refractivity contribution in [1.82, 2.24) is 0 Å². The van der Waals surface area contributed by atoms with E-state index in [-0.39, 0.29) is 35.9 Å². The molecule has 0 aliphatic heterocycles. The molecule has 11 heavy (non-hydrogen) atoms. The van der Waals surface area contributed by atoms with E-state index in [1.165, 1.54) is 0 Å². The van der Waals surface area contributed by atoms with Crippen LogP contribution in [-0.2, 0) is 30.5 Å². The first-order valence-electron chi connectivity index (χ1n) is 1.48. The molecule has 0 bridgehead atoms. The minimum atomic E-state index is -5.61. The van der Waals surface area contributed by atoms with Gasteiger partial charge in [-0.2, -0.15) is 0 Å². The van der Waals surface area contributed by atoms with Crippen molar-refractivity contribution in [3.05, 3.63) is 0 Å². The molecular weight excluding hydrogens is 236 g/mol. The molecule has 0 aromatic rings. The van der Waals surface area contributed by atoms with Gasteiger partial charge in [0.2, 0.25) is 0 Å². The van der Waals surface area contributed by atoms with Gasteiger partial charge < -0.3 is 24.1 Å². The Morgan fingerprint density at radius 1 is 1.18 bits per heavy atom. The number of hydrogen-bond acceptors (Lipinski definition) is 6. The topological polar surface area (TPSA) is 133 Å². The van der Waals surface area contributed by atoms with E-state index in [2.05, 4.69) is 4.31 Å². The largest absolute Gasteiger partial charge is 2.00 e. The number of rotatable bonds is 2. The predicted molar refractivity (Wildman–Crippen MR) is 18.5 cm³/mol. The Balaban J connectivity index is -0.000000320. The van der Waals surface area contributed by atoms with Gasteiger partial charge in [-0.25, -0.2) is 0 Å². The van der Waals surface area contributed by atoms with Crippen molar-refractivity contribution in [2.24, 2.45) is 0 Å². The monoisotopic (exact) mass is 237 g/mol. The molecule has 0 amide bonds. The fourth-order valence-electron chi connectivity index (χ4n) is 0.126. The normalized spacial score (nSPS) is 15.6. The van der Waals surface area contributed by atoms with E-state index in [4.69, 9.17) is 4.89 Å². The van der Waals surface area contributed by atoms with Crippen LogP contribution in [0.3, 0.4) is 0 Å². The smallest absolute Gasteiger partial charge is 0.790 e. The van der Waals surface area contributed by atoms with Crippen LogP contribution in [0.15, 0.2) is 0 Å². The molecule has 0 saturated heterocycles. The maximum absolute atomic E-state index is 9.44. The molecule has 1 atom stereocenters. The molecule has 11 heteroatoms. The van der Waals surface area contributed by atoms with Crippen LogP contribution in [0.5, 0.6) is 0 Å². The van der Waals surface area contributed by atoms with Crippen molar-refractivity contribution in [3.8, 4) is 0 Å². The third-order valence-corrected chi connectivity index (χ3v) is 1.83. The number of phosphoric acid groups is 2. The molecular formula is HLiMnO7P2. The number of hydrogen-bond donors (Lipinski definition) is 1. The Hall–Kier alpha value is 1.38. The summed E-state index contributed by atoms with van der Waals surface area (Å²) in [4.78, 5) is 35.7. The van der Waals surface area contributed by atoms with E-state index < -0.39 is 15.6 Å². The molecule has 0 aromatic carbocycles. The van der Waals surface area contributed by atoms with Gasteiger partial charge in [0.05, 0.1) is 7.82 Å². The molecule has 0 aromatic heterocycles. The molecule has 0 fully saturated rings. The molecule has 0 heterocycles. The SMILES string of the molecule is O=P([O-])([O-])OP(=O)([O-])O.[Li+].[Mn+2]. The fraction of sp³-hybridized carbons (Fsp3) is 0. The zero-order valence-electron chi connectivity index (χ0n) is 5.17. The van der Waals surface area contributed by atoms with Gasteiger partial charge in [0.1, 0.15) is 0 Å². The molecule has 0 spiro atoms. The zero-order chi connectivity index (χ0) is 7.71. The summed E-state index contributed by atoms with van der Waals surface area (Å²) in [6.07, 6.45) is 0. The minimum absolute atomic E-state index is 0. The van der Waals surface area contributed by atoms with Crippen LogP contribution in [0.2, 0.25) is 0 Å². The molecule has 0 rings (SSSR count). The van der Waals surface area contributed by atoms with Crippen molar-refractivity contribution in [3.63, 3.8) is 0 Å². The van der Waals surface area contributed by atoms with Gasteiger partial charge >= 0.3 is 35.9 Å². The summed E-state index contributed by atoms with van der Waals surface area (Å²) >= 11 is 0. The summed E-state index contributed by atoms with van der Waals surface area (Å²) in [5.41, 5.74) is 0. The second-order valence-corrected chi connectivity index (χ2v) is 3.48. The third kappa shape index (κ3) is 18.4. The Morgan fingerprint density at radius 2 is 1.45 bits per heavy atom. The molecule has 0 saturated carbocycles. The van der Waals surface area contributed by atoms with Crippen LogP contribution < -0.4 is 33.5 Å². The van der Waals surface area contributed by atoms with E-state index in [0.29, 0.717) is 0 Å². The van der Waals surface area contributed by atoms with E-state index in [1.54, 1.807) is 0 Å². The Bertz CT molecular complexity index is 157. The van der Waals surface area contributed by atoms with Crippen LogP contribution in [0.1, 0.15) is 0 Å². The zero-order valence-corrected chi connectivity index (χ0v) is 8.14. The first kappa shape index (κ1) is 18.2. The van der Waals surface area contributed by atoms with Gasteiger partial charge in [-0.05, 0) is 0 Å². The first-order chi connectivity index (χ1) is 3.71. The van der Waals surface area contributed by atoms with Crippen LogP contribution >= 0.6 is 15.6 Å². The van der Waals surface area contributed by atoms with Gasteiger partial charge in [-0.15, -0.1) is 0 Å². The predicted octanol–water partition coefficient (Wildman–Crippen LogP) is -5.71. The van der Waals surface area contributed by atoms with E-state index in [1.807, 2.05) is 0 Å². The molecule has 61 valence electrons. The Kier molecular flexibility index (Phi) is 9.82. The van der Waals surface area contributed by atoms with Gasteiger partial charge in [-0.1, -0.05) is 0 Å². The van der Waals surface area contributed by atoms with Gasteiger partial charge in [0.15, 0.2) is 0 Å². The van der Waals surface area contributed by atoms with Crippen molar-refractivity contribution in [2.75, 3.05) is 0 Å². The van der Waals surface area contributed by atoms with E-state index in [9.17, 15) is 23.8 Å². The van der Waals surface area contributed by atoms with Crippen molar-refractivity contribution in [1.29, 1.82) is 0 Å². The maximum Gasteiger partial charge on any atom is 2.00 e.